The molecule has 18 heavy (non-hydrogen) atoms. The summed E-state index contributed by atoms with van der Waals surface area (Å²) in [7, 11) is 0. The van der Waals surface area contributed by atoms with E-state index in [2.05, 4.69) is 28.2 Å². The molecular formula is C14H14N2S2. The van der Waals surface area contributed by atoms with Crippen molar-refractivity contribution in [1.82, 2.24) is 0 Å². The molecule has 0 spiro atoms. The Morgan fingerprint density at radius 2 is 2.28 bits per heavy atom. The molecule has 2 rings (SSSR count). The number of rotatable bonds is 5. The van der Waals surface area contributed by atoms with Gasteiger partial charge in [0.2, 0.25) is 0 Å². The second-order valence-corrected chi connectivity index (χ2v) is 5.43. The zero-order valence-corrected chi connectivity index (χ0v) is 11.8. The van der Waals surface area contributed by atoms with Crippen molar-refractivity contribution in [2.45, 2.75) is 11.3 Å². The number of nitrogens with one attached hydrogen (secondary N) is 1. The molecule has 0 saturated heterocycles. The van der Waals surface area contributed by atoms with Crippen LogP contribution in [0, 0.1) is 11.3 Å². The maximum absolute atomic E-state index is 9.21. The molecule has 0 aliphatic heterocycles. The molecule has 2 nitrogen and oxygen atoms in total. The predicted octanol–water partition coefficient (Wildman–Crippen LogP) is 4.00. The van der Waals surface area contributed by atoms with E-state index in [4.69, 9.17) is 0 Å². The third-order valence-electron chi connectivity index (χ3n) is 2.67. The van der Waals surface area contributed by atoms with Crippen LogP contribution in [-0.4, -0.2) is 12.8 Å². The molecule has 0 unspecified atom stereocenters. The van der Waals surface area contributed by atoms with Gasteiger partial charge >= 0.3 is 0 Å². The van der Waals surface area contributed by atoms with Gasteiger partial charge in [-0.15, -0.1) is 11.8 Å². The Hall–Kier alpha value is -1.44. The first-order valence-electron chi connectivity index (χ1n) is 5.67. The number of hydrogen-bond acceptors (Lipinski definition) is 4. The van der Waals surface area contributed by atoms with E-state index in [1.165, 1.54) is 5.56 Å². The zero-order chi connectivity index (χ0) is 12.8. The van der Waals surface area contributed by atoms with Crippen LogP contribution in [0.15, 0.2) is 39.9 Å². The summed E-state index contributed by atoms with van der Waals surface area (Å²) in [5.41, 5.74) is 3.02. The van der Waals surface area contributed by atoms with Gasteiger partial charge in [-0.3, -0.25) is 0 Å². The number of benzene rings is 1. The van der Waals surface area contributed by atoms with E-state index < -0.39 is 0 Å². The fourth-order valence-corrected chi connectivity index (χ4v) is 3.02. The normalized spacial score (nSPS) is 10.0. The lowest BCUT2D eigenvalue weighted by molar-refractivity contribution is 1.02. The Morgan fingerprint density at radius 3 is 2.94 bits per heavy atom. The highest BCUT2D eigenvalue weighted by molar-refractivity contribution is 7.98. The highest BCUT2D eigenvalue weighted by Gasteiger charge is 2.06. The van der Waals surface area contributed by atoms with Crippen LogP contribution < -0.4 is 5.32 Å². The van der Waals surface area contributed by atoms with Crippen molar-refractivity contribution in [3.05, 3.63) is 46.2 Å². The van der Waals surface area contributed by atoms with Crippen molar-refractivity contribution in [3.63, 3.8) is 0 Å². The van der Waals surface area contributed by atoms with Crippen LogP contribution >= 0.6 is 23.1 Å². The van der Waals surface area contributed by atoms with Gasteiger partial charge in [0.15, 0.2) is 0 Å². The molecule has 1 aromatic heterocycles. The quantitative estimate of drug-likeness (QED) is 0.837. The average molecular weight is 274 g/mol. The fraction of sp³-hybridized carbons (Fsp3) is 0.214. The standard InChI is InChI=1S/C14H14N2S2/c1-17-14-4-2-3-13(12(14)9-15)16-7-5-11-6-8-18-10-11/h2-4,6,8,10,16H,5,7H2,1H3. The summed E-state index contributed by atoms with van der Waals surface area (Å²) in [4.78, 5) is 1.03. The summed E-state index contributed by atoms with van der Waals surface area (Å²) in [5.74, 6) is 0. The lowest BCUT2D eigenvalue weighted by Gasteiger charge is -2.10. The molecule has 4 heteroatoms. The second kappa shape index (κ2) is 6.48. The minimum Gasteiger partial charge on any atom is -0.384 e. The van der Waals surface area contributed by atoms with Crippen molar-refractivity contribution in [2.24, 2.45) is 0 Å². The largest absolute Gasteiger partial charge is 0.384 e. The smallest absolute Gasteiger partial charge is 0.102 e. The van der Waals surface area contributed by atoms with Gasteiger partial charge in [0.1, 0.15) is 6.07 Å². The summed E-state index contributed by atoms with van der Waals surface area (Å²) in [6.45, 7) is 0.850. The van der Waals surface area contributed by atoms with Gasteiger partial charge < -0.3 is 5.32 Å². The summed E-state index contributed by atoms with van der Waals surface area (Å²) >= 11 is 3.32. The minimum absolute atomic E-state index is 0.746. The maximum atomic E-state index is 9.21. The van der Waals surface area contributed by atoms with E-state index in [-0.39, 0.29) is 0 Å². The number of anilines is 1. The van der Waals surface area contributed by atoms with Crippen molar-refractivity contribution >= 4 is 28.8 Å². The second-order valence-electron chi connectivity index (χ2n) is 3.80. The first-order chi connectivity index (χ1) is 8.85. The number of hydrogen-bond donors (Lipinski definition) is 1. The molecule has 0 aliphatic rings. The molecule has 1 heterocycles. The predicted molar refractivity (Wildman–Crippen MR) is 79.5 cm³/mol. The van der Waals surface area contributed by atoms with Crippen LogP contribution in [-0.2, 0) is 6.42 Å². The van der Waals surface area contributed by atoms with Gasteiger partial charge in [-0.1, -0.05) is 6.07 Å². The Morgan fingerprint density at radius 1 is 1.39 bits per heavy atom. The van der Waals surface area contributed by atoms with E-state index in [9.17, 15) is 5.26 Å². The summed E-state index contributed by atoms with van der Waals surface area (Å²) in [5, 5.41) is 16.8. The molecule has 0 fully saturated rings. The van der Waals surface area contributed by atoms with Gasteiger partial charge in [0.05, 0.1) is 11.3 Å². The lowest BCUT2D eigenvalue weighted by atomic mass is 10.2. The van der Waals surface area contributed by atoms with Crippen LogP contribution in [0.4, 0.5) is 5.69 Å². The molecule has 0 bridgehead atoms. The lowest BCUT2D eigenvalue weighted by Crippen LogP contribution is -2.06. The van der Waals surface area contributed by atoms with Crippen molar-refractivity contribution in [3.8, 4) is 6.07 Å². The van der Waals surface area contributed by atoms with Crippen LogP contribution in [0.1, 0.15) is 11.1 Å². The molecule has 0 radical (unpaired) electrons. The fourth-order valence-electron chi connectivity index (χ4n) is 1.74. The van der Waals surface area contributed by atoms with Gasteiger partial charge in [-0.05, 0) is 47.2 Å². The monoisotopic (exact) mass is 274 g/mol. The molecule has 92 valence electrons. The third-order valence-corrected chi connectivity index (χ3v) is 4.18. The SMILES string of the molecule is CSc1cccc(NCCc2ccsc2)c1C#N. The number of thioether (sulfide) groups is 1. The molecule has 1 N–H and O–H groups in total. The van der Waals surface area contributed by atoms with Crippen molar-refractivity contribution < 1.29 is 0 Å². The first-order valence-corrected chi connectivity index (χ1v) is 7.84. The van der Waals surface area contributed by atoms with Crippen LogP contribution in [0.5, 0.6) is 0 Å². The Balaban J connectivity index is 2.03. The summed E-state index contributed by atoms with van der Waals surface area (Å²) in [6.07, 6.45) is 2.98. The molecule has 0 amide bonds. The van der Waals surface area contributed by atoms with Crippen LogP contribution in [0.25, 0.3) is 0 Å². The van der Waals surface area contributed by atoms with E-state index in [0.29, 0.717) is 0 Å². The topological polar surface area (TPSA) is 35.8 Å². The van der Waals surface area contributed by atoms with Crippen molar-refractivity contribution in [1.29, 1.82) is 5.26 Å². The third kappa shape index (κ3) is 3.06. The molecule has 2 aromatic rings. The van der Waals surface area contributed by atoms with Gasteiger partial charge in [-0.25, -0.2) is 0 Å². The molecule has 0 saturated carbocycles. The van der Waals surface area contributed by atoms with Gasteiger partial charge in [0.25, 0.3) is 0 Å². The van der Waals surface area contributed by atoms with Crippen LogP contribution in [0.2, 0.25) is 0 Å². The minimum atomic E-state index is 0.746. The molecule has 0 aliphatic carbocycles. The molecule has 0 atom stereocenters. The highest BCUT2D eigenvalue weighted by Crippen LogP contribution is 2.26. The maximum Gasteiger partial charge on any atom is 0.102 e. The summed E-state index contributed by atoms with van der Waals surface area (Å²) in [6, 6.07) is 10.3. The van der Waals surface area contributed by atoms with Crippen LogP contribution in [0.3, 0.4) is 0 Å². The Bertz CT molecular complexity index is 541. The Kier molecular flexibility index (Phi) is 4.68. The van der Waals surface area contributed by atoms with E-state index in [0.717, 1.165) is 29.1 Å². The number of nitrogens with zero attached hydrogens (tertiary/aromatic N) is 1. The Labute approximate surface area is 116 Å². The highest BCUT2D eigenvalue weighted by atomic mass is 32.2. The van der Waals surface area contributed by atoms with Crippen molar-refractivity contribution in [2.75, 3.05) is 18.1 Å². The summed E-state index contributed by atoms with van der Waals surface area (Å²) < 4.78 is 0. The molecule has 1 aromatic carbocycles. The zero-order valence-electron chi connectivity index (χ0n) is 10.1. The van der Waals surface area contributed by atoms with E-state index >= 15 is 0 Å². The number of nitriles is 1. The average Bonchev–Trinajstić information content (AvgIpc) is 2.91. The van der Waals surface area contributed by atoms with Gasteiger partial charge in [-0.2, -0.15) is 16.6 Å². The van der Waals surface area contributed by atoms with E-state index in [1.54, 1.807) is 23.1 Å². The molecular weight excluding hydrogens is 260 g/mol. The number of thiophene rings is 1. The first kappa shape index (κ1) is 13.0. The van der Waals surface area contributed by atoms with Gasteiger partial charge in [0, 0.05) is 11.4 Å². The van der Waals surface area contributed by atoms with E-state index in [1.807, 2.05) is 24.5 Å².